The Morgan fingerprint density at radius 1 is 0.808 bits per heavy atom. The van der Waals surface area contributed by atoms with Crippen molar-refractivity contribution in [3.63, 3.8) is 0 Å². The zero-order chi connectivity index (χ0) is 18.6. The first-order valence-electron chi connectivity index (χ1n) is 8.83. The third-order valence-electron chi connectivity index (χ3n) is 3.83. The second kappa shape index (κ2) is 10.8. The van der Waals surface area contributed by atoms with Crippen molar-refractivity contribution in [2.45, 2.75) is 19.8 Å². The lowest BCUT2D eigenvalue weighted by molar-refractivity contribution is 0.250. The quantitative estimate of drug-likeness (QED) is 0.540. The van der Waals surface area contributed by atoms with Gasteiger partial charge < -0.3 is 21.3 Å². The molecule has 0 fully saturated rings. The molecule has 0 heterocycles. The van der Waals surface area contributed by atoms with E-state index in [1.807, 2.05) is 60.7 Å². The Morgan fingerprint density at radius 2 is 1.31 bits per heavy atom. The van der Waals surface area contributed by atoms with Crippen LogP contribution in [0.15, 0.2) is 60.7 Å². The van der Waals surface area contributed by atoms with E-state index in [1.54, 1.807) is 0 Å². The third-order valence-corrected chi connectivity index (χ3v) is 3.83. The van der Waals surface area contributed by atoms with Gasteiger partial charge in [0.15, 0.2) is 0 Å². The molecule has 2 aromatic rings. The number of nitrogens with one attached hydrogen (secondary N) is 4. The van der Waals surface area contributed by atoms with E-state index in [2.05, 4.69) is 28.2 Å². The second-order valence-corrected chi connectivity index (χ2v) is 6.20. The molecule has 138 valence electrons. The molecule has 4 N–H and O–H groups in total. The first-order valence-corrected chi connectivity index (χ1v) is 8.83. The van der Waals surface area contributed by atoms with Crippen LogP contribution in [0.1, 0.15) is 19.8 Å². The fraction of sp³-hybridized carbons (Fsp3) is 0.300. The smallest absolute Gasteiger partial charge is 0.319 e. The summed E-state index contributed by atoms with van der Waals surface area (Å²) in [5.41, 5.74) is 1.54. The molecule has 0 aliphatic rings. The molecule has 0 saturated heterocycles. The number of urea groups is 2. The molecular weight excluding hydrogens is 328 g/mol. The minimum atomic E-state index is -0.205. The Hall–Kier alpha value is -3.02. The molecule has 0 radical (unpaired) electrons. The lowest BCUT2D eigenvalue weighted by Crippen LogP contribution is -2.33. The maximum absolute atomic E-state index is 11.8. The highest BCUT2D eigenvalue weighted by Gasteiger charge is 2.06. The van der Waals surface area contributed by atoms with Gasteiger partial charge in [-0.25, -0.2) is 9.59 Å². The summed E-state index contributed by atoms with van der Waals surface area (Å²) in [5.74, 6) is 0.329. The van der Waals surface area contributed by atoms with Crippen LogP contribution in [0, 0.1) is 5.92 Å². The van der Waals surface area contributed by atoms with Crippen LogP contribution < -0.4 is 21.3 Å². The van der Waals surface area contributed by atoms with E-state index in [4.69, 9.17) is 0 Å². The van der Waals surface area contributed by atoms with E-state index >= 15 is 0 Å². The number of amides is 4. The summed E-state index contributed by atoms with van der Waals surface area (Å²) in [7, 11) is 0. The van der Waals surface area contributed by atoms with E-state index in [1.165, 1.54) is 0 Å². The zero-order valence-corrected chi connectivity index (χ0v) is 15.0. The van der Waals surface area contributed by atoms with E-state index < -0.39 is 0 Å². The third kappa shape index (κ3) is 7.70. The van der Waals surface area contributed by atoms with Gasteiger partial charge in [-0.2, -0.15) is 0 Å². The minimum Gasteiger partial charge on any atom is -0.338 e. The molecule has 0 bridgehead atoms. The number of hydrogen-bond acceptors (Lipinski definition) is 2. The average Bonchev–Trinajstić information content (AvgIpc) is 2.65. The number of para-hydroxylation sites is 2. The average molecular weight is 354 g/mol. The molecule has 0 aliphatic carbocycles. The Morgan fingerprint density at radius 3 is 1.85 bits per heavy atom. The molecule has 1 atom stereocenters. The highest BCUT2D eigenvalue weighted by Crippen LogP contribution is 2.07. The van der Waals surface area contributed by atoms with E-state index in [0.717, 1.165) is 24.2 Å². The van der Waals surface area contributed by atoms with Crippen LogP contribution in [0.3, 0.4) is 0 Å². The summed E-state index contributed by atoms with van der Waals surface area (Å²) in [6.45, 7) is 3.26. The van der Waals surface area contributed by atoms with Crippen LogP contribution in [0.5, 0.6) is 0 Å². The van der Waals surface area contributed by atoms with Crippen molar-refractivity contribution in [3.8, 4) is 0 Å². The van der Waals surface area contributed by atoms with Gasteiger partial charge in [-0.05, 0) is 43.0 Å². The minimum absolute atomic E-state index is 0.204. The monoisotopic (exact) mass is 354 g/mol. The number of carbonyl (C=O) groups excluding carboxylic acids is 2. The lowest BCUT2D eigenvalue weighted by atomic mass is 10.1. The van der Waals surface area contributed by atoms with E-state index in [-0.39, 0.29) is 12.1 Å². The van der Waals surface area contributed by atoms with Gasteiger partial charge in [0.25, 0.3) is 0 Å². The van der Waals surface area contributed by atoms with Gasteiger partial charge in [0, 0.05) is 24.5 Å². The Kier molecular flexibility index (Phi) is 7.99. The SMILES string of the molecule is C[C@H](CCCNC(=O)Nc1ccccc1)CNC(=O)Nc1ccccc1. The number of rotatable bonds is 8. The summed E-state index contributed by atoms with van der Waals surface area (Å²) < 4.78 is 0. The standard InChI is InChI=1S/C20H26N4O2/c1-16(15-22-20(26)24-18-12-6-3-7-13-18)9-8-14-21-19(25)23-17-10-4-2-5-11-17/h2-7,10-13,16H,8-9,14-15H2,1H3,(H2,21,23,25)(H2,22,24,26)/t16-/m1/s1. The van der Waals surface area contributed by atoms with Crippen LogP contribution >= 0.6 is 0 Å². The molecule has 6 nitrogen and oxygen atoms in total. The van der Waals surface area contributed by atoms with Crippen molar-refractivity contribution in [3.05, 3.63) is 60.7 Å². The molecule has 0 unspecified atom stereocenters. The predicted molar refractivity (Wildman–Crippen MR) is 105 cm³/mol. The van der Waals surface area contributed by atoms with Crippen LogP contribution in [0.4, 0.5) is 21.0 Å². The predicted octanol–water partition coefficient (Wildman–Crippen LogP) is 4.05. The maximum atomic E-state index is 11.8. The van der Waals surface area contributed by atoms with Gasteiger partial charge in [-0.3, -0.25) is 0 Å². The topological polar surface area (TPSA) is 82.3 Å². The van der Waals surface area contributed by atoms with Gasteiger partial charge >= 0.3 is 12.1 Å². The van der Waals surface area contributed by atoms with Crippen molar-refractivity contribution >= 4 is 23.4 Å². The van der Waals surface area contributed by atoms with E-state index in [0.29, 0.717) is 19.0 Å². The van der Waals surface area contributed by atoms with Crippen molar-refractivity contribution in [2.75, 3.05) is 23.7 Å². The number of benzene rings is 2. The molecular formula is C20H26N4O2. The normalized spacial score (nSPS) is 11.3. The molecule has 0 aromatic heterocycles. The highest BCUT2D eigenvalue weighted by atomic mass is 16.2. The van der Waals surface area contributed by atoms with Crippen LogP contribution in [-0.4, -0.2) is 25.2 Å². The fourth-order valence-corrected chi connectivity index (χ4v) is 2.41. The number of hydrogen-bond donors (Lipinski definition) is 4. The van der Waals surface area contributed by atoms with Crippen molar-refractivity contribution < 1.29 is 9.59 Å². The van der Waals surface area contributed by atoms with Gasteiger partial charge in [-0.1, -0.05) is 43.3 Å². The summed E-state index contributed by atoms with van der Waals surface area (Å²) >= 11 is 0. The first kappa shape index (κ1) is 19.3. The van der Waals surface area contributed by atoms with Crippen LogP contribution in [-0.2, 0) is 0 Å². The Labute approximate surface area is 154 Å². The first-order chi connectivity index (χ1) is 12.6. The second-order valence-electron chi connectivity index (χ2n) is 6.20. The van der Waals surface area contributed by atoms with E-state index in [9.17, 15) is 9.59 Å². The molecule has 0 aliphatic heterocycles. The summed E-state index contributed by atoms with van der Waals surface area (Å²) in [6.07, 6.45) is 1.77. The van der Waals surface area contributed by atoms with Gasteiger partial charge in [-0.15, -0.1) is 0 Å². The maximum Gasteiger partial charge on any atom is 0.319 e. The largest absolute Gasteiger partial charge is 0.338 e. The summed E-state index contributed by atoms with van der Waals surface area (Å²) in [6, 6.07) is 18.3. The lowest BCUT2D eigenvalue weighted by Gasteiger charge is -2.14. The number of carbonyl (C=O) groups is 2. The molecule has 2 rings (SSSR count). The Balaban J connectivity index is 1.54. The molecule has 4 amide bonds. The van der Waals surface area contributed by atoms with Crippen molar-refractivity contribution in [1.29, 1.82) is 0 Å². The zero-order valence-electron chi connectivity index (χ0n) is 15.0. The highest BCUT2D eigenvalue weighted by molar-refractivity contribution is 5.89. The summed E-state index contributed by atoms with van der Waals surface area (Å²) in [5, 5.41) is 11.3. The molecule has 0 spiro atoms. The summed E-state index contributed by atoms with van der Waals surface area (Å²) in [4.78, 5) is 23.6. The van der Waals surface area contributed by atoms with Crippen molar-refractivity contribution in [1.82, 2.24) is 10.6 Å². The van der Waals surface area contributed by atoms with Crippen LogP contribution in [0.25, 0.3) is 0 Å². The molecule has 6 heteroatoms. The van der Waals surface area contributed by atoms with Crippen LogP contribution in [0.2, 0.25) is 0 Å². The van der Waals surface area contributed by atoms with Gasteiger partial charge in [0.05, 0.1) is 0 Å². The van der Waals surface area contributed by atoms with Gasteiger partial charge in [0.1, 0.15) is 0 Å². The number of anilines is 2. The molecule has 2 aromatic carbocycles. The fourth-order valence-electron chi connectivity index (χ4n) is 2.41. The molecule has 26 heavy (non-hydrogen) atoms. The molecule has 0 saturated carbocycles. The van der Waals surface area contributed by atoms with Gasteiger partial charge in [0.2, 0.25) is 0 Å². The Bertz CT molecular complexity index is 677. The van der Waals surface area contributed by atoms with Crippen molar-refractivity contribution in [2.24, 2.45) is 5.92 Å².